The van der Waals surface area contributed by atoms with Gasteiger partial charge >= 0.3 is 0 Å². The molecule has 1 atom stereocenters. The number of hydrogen-bond donors (Lipinski definition) is 0. The molecular weight excluding hydrogens is 438 g/mol. The molecule has 1 unspecified atom stereocenters. The van der Waals surface area contributed by atoms with Crippen LogP contribution in [0.2, 0.25) is 5.02 Å². The van der Waals surface area contributed by atoms with Crippen molar-refractivity contribution in [3.8, 4) is 0 Å². The van der Waals surface area contributed by atoms with Crippen LogP contribution in [-0.4, -0.2) is 4.43 Å². The largest absolute Gasteiger partial charge is 0.368 e. The molecular formula is C15H13BrClIO. The van der Waals surface area contributed by atoms with Gasteiger partial charge in [-0.2, -0.15) is 0 Å². The van der Waals surface area contributed by atoms with E-state index in [1.54, 1.807) is 0 Å². The Bertz CT molecular complexity index is 513. The van der Waals surface area contributed by atoms with Crippen LogP contribution >= 0.6 is 50.1 Å². The van der Waals surface area contributed by atoms with Gasteiger partial charge < -0.3 is 4.74 Å². The van der Waals surface area contributed by atoms with Crippen molar-refractivity contribution in [3.63, 3.8) is 0 Å². The maximum atomic E-state index is 5.98. The standard InChI is InChI=1S/C15H13BrClIO/c16-13-5-1-11(2-6-13)10-19-15(9-18)12-3-7-14(17)8-4-12/h1-8,15H,9-10H2. The third kappa shape index (κ3) is 4.74. The second kappa shape index (κ2) is 7.62. The molecule has 0 radical (unpaired) electrons. The van der Waals surface area contributed by atoms with E-state index in [4.69, 9.17) is 16.3 Å². The third-order valence-electron chi connectivity index (χ3n) is 2.75. The monoisotopic (exact) mass is 450 g/mol. The molecule has 2 aromatic rings. The van der Waals surface area contributed by atoms with E-state index in [9.17, 15) is 0 Å². The first kappa shape index (κ1) is 15.3. The van der Waals surface area contributed by atoms with Gasteiger partial charge in [0.1, 0.15) is 0 Å². The van der Waals surface area contributed by atoms with Crippen LogP contribution in [0.15, 0.2) is 53.0 Å². The van der Waals surface area contributed by atoms with Gasteiger partial charge in [0, 0.05) is 13.9 Å². The third-order valence-corrected chi connectivity index (χ3v) is 4.33. The Hall–Kier alpha value is -0.100. The fourth-order valence-electron chi connectivity index (χ4n) is 1.68. The van der Waals surface area contributed by atoms with Gasteiger partial charge in [0.25, 0.3) is 0 Å². The Morgan fingerprint density at radius 2 is 1.68 bits per heavy atom. The van der Waals surface area contributed by atoms with Gasteiger partial charge in [0.05, 0.1) is 12.7 Å². The van der Waals surface area contributed by atoms with Gasteiger partial charge in [0.2, 0.25) is 0 Å². The van der Waals surface area contributed by atoms with Gasteiger partial charge in [-0.3, -0.25) is 0 Å². The fourth-order valence-corrected chi connectivity index (χ4v) is 2.84. The molecule has 4 heteroatoms. The lowest BCUT2D eigenvalue weighted by Gasteiger charge is -2.16. The highest BCUT2D eigenvalue weighted by molar-refractivity contribution is 14.1. The van der Waals surface area contributed by atoms with E-state index in [0.717, 1.165) is 19.5 Å². The quantitative estimate of drug-likeness (QED) is 0.413. The predicted octanol–water partition coefficient (Wildman–Crippen LogP) is 5.80. The number of rotatable bonds is 5. The van der Waals surface area contributed by atoms with Gasteiger partial charge in [-0.1, -0.05) is 74.4 Å². The lowest BCUT2D eigenvalue weighted by Crippen LogP contribution is -2.05. The summed E-state index contributed by atoms with van der Waals surface area (Å²) >= 11 is 11.7. The summed E-state index contributed by atoms with van der Waals surface area (Å²) in [7, 11) is 0. The van der Waals surface area contributed by atoms with Gasteiger partial charge in [-0.15, -0.1) is 0 Å². The summed E-state index contributed by atoms with van der Waals surface area (Å²) in [6.07, 6.45) is 0.0986. The summed E-state index contributed by atoms with van der Waals surface area (Å²) in [5.74, 6) is 0. The summed E-state index contributed by atoms with van der Waals surface area (Å²) < 4.78 is 7.97. The summed E-state index contributed by atoms with van der Waals surface area (Å²) in [5.41, 5.74) is 2.34. The zero-order valence-corrected chi connectivity index (χ0v) is 14.7. The maximum Gasteiger partial charge on any atom is 0.0918 e. The van der Waals surface area contributed by atoms with Crippen LogP contribution in [0.25, 0.3) is 0 Å². The minimum absolute atomic E-state index is 0.0986. The number of benzene rings is 2. The molecule has 0 aromatic heterocycles. The molecule has 0 aliphatic rings. The van der Waals surface area contributed by atoms with Gasteiger partial charge in [-0.05, 0) is 35.4 Å². The number of alkyl halides is 1. The molecule has 0 saturated carbocycles. The predicted molar refractivity (Wildman–Crippen MR) is 92.0 cm³/mol. The van der Waals surface area contributed by atoms with Crippen molar-refractivity contribution in [1.82, 2.24) is 0 Å². The highest BCUT2D eigenvalue weighted by Crippen LogP contribution is 2.23. The second-order valence-corrected chi connectivity index (χ2v) is 6.36. The van der Waals surface area contributed by atoms with Crippen molar-refractivity contribution in [1.29, 1.82) is 0 Å². The highest BCUT2D eigenvalue weighted by Gasteiger charge is 2.10. The minimum atomic E-state index is 0.0986. The van der Waals surface area contributed by atoms with Gasteiger partial charge in [0.15, 0.2) is 0 Å². The summed E-state index contributed by atoms with van der Waals surface area (Å²) in [4.78, 5) is 0. The average Bonchev–Trinajstić information content (AvgIpc) is 2.43. The normalized spacial score (nSPS) is 12.4. The van der Waals surface area contributed by atoms with E-state index in [1.807, 2.05) is 36.4 Å². The van der Waals surface area contributed by atoms with Crippen LogP contribution in [0.3, 0.4) is 0 Å². The molecule has 19 heavy (non-hydrogen) atoms. The Balaban J connectivity index is 1.99. The molecule has 1 nitrogen and oxygen atoms in total. The fraction of sp³-hybridized carbons (Fsp3) is 0.200. The van der Waals surface area contributed by atoms with Crippen molar-refractivity contribution in [2.75, 3.05) is 4.43 Å². The van der Waals surface area contributed by atoms with Gasteiger partial charge in [-0.25, -0.2) is 0 Å². The molecule has 0 saturated heterocycles. The van der Waals surface area contributed by atoms with Crippen molar-refractivity contribution in [2.24, 2.45) is 0 Å². The molecule has 0 amide bonds. The van der Waals surface area contributed by atoms with Crippen LogP contribution in [-0.2, 0) is 11.3 Å². The van der Waals surface area contributed by atoms with E-state index < -0.39 is 0 Å². The molecule has 2 aromatic carbocycles. The zero-order valence-electron chi connectivity index (χ0n) is 10.2. The first-order valence-corrected chi connectivity index (χ1v) is 8.56. The topological polar surface area (TPSA) is 9.23 Å². The minimum Gasteiger partial charge on any atom is -0.368 e. The Morgan fingerprint density at radius 3 is 2.26 bits per heavy atom. The van der Waals surface area contributed by atoms with Crippen LogP contribution < -0.4 is 0 Å². The molecule has 0 N–H and O–H groups in total. The molecule has 100 valence electrons. The van der Waals surface area contributed by atoms with Crippen molar-refractivity contribution in [2.45, 2.75) is 12.7 Å². The summed E-state index contributed by atoms with van der Waals surface area (Å²) in [6.45, 7) is 0.615. The van der Waals surface area contributed by atoms with E-state index in [0.29, 0.717) is 6.61 Å². The van der Waals surface area contributed by atoms with Crippen LogP contribution in [0.5, 0.6) is 0 Å². The molecule has 0 bridgehead atoms. The van der Waals surface area contributed by atoms with Crippen molar-refractivity contribution >= 4 is 50.1 Å². The van der Waals surface area contributed by atoms with E-state index in [-0.39, 0.29) is 6.10 Å². The van der Waals surface area contributed by atoms with Crippen LogP contribution in [0, 0.1) is 0 Å². The lowest BCUT2D eigenvalue weighted by molar-refractivity contribution is 0.0577. The zero-order chi connectivity index (χ0) is 13.7. The van der Waals surface area contributed by atoms with E-state index in [1.165, 1.54) is 5.56 Å². The van der Waals surface area contributed by atoms with E-state index in [2.05, 4.69) is 50.7 Å². The first-order chi connectivity index (χ1) is 9.19. The Morgan fingerprint density at radius 1 is 1.05 bits per heavy atom. The number of ether oxygens (including phenoxy) is 1. The smallest absolute Gasteiger partial charge is 0.0918 e. The molecule has 0 fully saturated rings. The second-order valence-electron chi connectivity index (χ2n) is 4.13. The first-order valence-electron chi connectivity index (χ1n) is 5.86. The highest BCUT2D eigenvalue weighted by atomic mass is 127. The SMILES string of the molecule is Clc1ccc(C(CI)OCc2ccc(Br)cc2)cc1. The van der Waals surface area contributed by atoms with Crippen molar-refractivity contribution in [3.05, 3.63) is 69.2 Å². The van der Waals surface area contributed by atoms with E-state index >= 15 is 0 Å². The molecule has 0 heterocycles. The molecule has 0 aliphatic heterocycles. The Kier molecular flexibility index (Phi) is 6.13. The molecule has 2 rings (SSSR count). The van der Waals surface area contributed by atoms with Crippen molar-refractivity contribution < 1.29 is 4.74 Å². The maximum absolute atomic E-state index is 5.98. The Labute approximate surface area is 140 Å². The number of halogens is 3. The molecule has 0 aliphatic carbocycles. The lowest BCUT2D eigenvalue weighted by atomic mass is 10.1. The van der Waals surface area contributed by atoms with Crippen LogP contribution in [0.1, 0.15) is 17.2 Å². The summed E-state index contributed by atoms with van der Waals surface area (Å²) in [6, 6.07) is 16.0. The summed E-state index contributed by atoms with van der Waals surface area (Å²) in [5, 5.41) is 0.754. The molecule has 0 spiro atoms. The number of hydrogen-bond acceptors (Lipinski definition) is 1. The van der Waals surface area contributed by atoms with Crippen LogP contribution in [0.4, 0.5) is 0 Å². The average molecular weight is 452 g/mol.